The number of aromatic amines is 1. The van der Waals surface area contributed by atoms with Crippen LogP contribution in [-0.4, -0.2) is 34.6 Å². The highest BCUT2D eigenvalue weighted by Gasteiger charge is 2.45. The molecule has 0 atom stereocenters. The van der Waals surface area contributed by atoms with Crippen LogP contribution < -0.4 is 4.90 Å². The fraction of sp³-hybridized carbons (Fsp3) is 0.429. The molecule has 0 saturated heterocycles. The van der Waals surface area contributed by atoms with Gasteiger partial charge in [-0.15, -0.1) is 0 Å². The number of carbonyl (C=O) groups excluding carboxylic acids is 1. The van der Waals surface area contributed by atoms with Crippen LogP contribution in [0.2, 0.25) is 0 Å². The van der Waals surface area contributed by atoms with Crippen LogP contribution in [0.15, 0.2) is 24.5 Å². The molecule has 1 aromatic carbocycles. The lowest BCUT2D eigenvalue weighted by atomic mass is 9.68. The number of imidazole rings is 1. The van der Waals surface area contributed by atoms with Crippen molar-refractivity contribution < 1.29 is 9.90 Å². The summed E-state index contributed by atoms with van der Waals surface area (Å²) in [5, 5.41) is 9.48. The van der Waals surface area contributed by atoms with Crippen LogP contribution in [0.25, 0.3) is 11.0 Å². The number of amides is 1. The molecule has 0 unspecified atom stereocenters. The van der Waals surface area contributed by atoms with Gasteiger partial charge in [-0.1, -0.05) is 6.42 Å². The molecule has 1 aromatic heterocycles. The van der Waals surface area contributed by atoms with E-state index in [0.717, 1.165) is 36.0 Å². The zero-order valence-electron chi connectivity index (χ0n) is 10.9. The summed E-state index contributed by atoms with van der Waals surface area (Å²) in [5.74, 6) is 0.000107. The molecular weight excluding hydrogens is 242 g/mol. The van der Waals surface area contributed by atoms with E-state index in [4.69, 9.17) is 0 Å². The Balaban J connectivity index is 1.90. The van der Waals surface area contributed by atoms with Crippen molar-refractivity contribution in [2.75, 3.05) is 18.6 Å². The number of benzene rings is 1. The second kappa shape index (κ2) is 4.35. The minimum Gasteiger partial charge on any atom is -0.395 e. The van der Waals surface area contributed by atoms with Gasteiger partial charge in [0.15, 0.2) is 0 Å². The van der Waals surface area contributed by atoms with Gasteiger partial charge >= 0.3 is 0 Å². The number of H-pyrrole nitrogens is 1. The highest BCUT2D eigenvalue weighted by atomic mass is 16.3. The van der Waals surface area contributed by atoms with Crippen molar-refractivity contribution in [3.8, 4) is 0 Å². The van der Waals surface area contributed by atoms with Gasteiger partial charge in [0, 0.05) is 12.7 Å². The Kier molecular flexibility index (Phi) is 2.78. The standard InChI is InChI=1S/C14H17N3O2/c1-17(13(19)14(8-18)5-2-6-14)10-3-4-11-12(7-10)16-9-15-11/h3-4,7,9,18H,2,5-6,8H2,1H3,(H,15,16). The number of fused-ring (bicyclic) bond motifs is 1. The van der Waals surface area contributed by atoms with Crippen molar-refractivity contribution in [3.63, 3.8) is 0 Å². The molecule has 3 rings (SSSR count). The van der Waals surface area contributed by atoms with E-state index >= 15 is 0 Å². The number of rotatable bonds is 3. The van der Waals surface area contributed by atoms with Gasteiger partial charge in [0.25, 0.3) is 0 Å². The zero-order chi connectivity index (χ0) is 13.5. The van der Waals surface area contributed by atoms with Gasteiger partial charge in [0.1, 0.15) is 0 Å². The monoisotopic (exact) mass is 259 g/mol. The predicted molar refractivity (Wildman–Crippen MR) is 72.9 cm³/mol. The molecule has 19 heavy (non-hydrogen) atoms. The van der Waals surface area contributed by atoms with E-state index in [1.807, 2.05) is 18.2 Å². The molecule has 2 N–H and O–H groups in total. The van der Waals surface area contributed by atoms with Crippen molar-refractivity contribution in [1.29, 1.82) is 0 Å². The number of aromatic nitrogens is 2. The summed E-state index contributed by atoms with van der Waals surface area (Å²) < 4.78 is 0. The molecular formula is C14H17N3O2. The molecule has 1 fully saturated rings. The third-order valence-corrected chi connectivity index (χ3v) is 4.16. The predicted octanol–water partition coefficient (Wildman–Crippen LogP) is 1.69. The maximum Gasteiger partial charge on any atom is 0.235 e. The first kappa shape index (κ1) is 12.2. The summed E-state index contributed by atoms with van der Waals surface area (Å²) in [6.07, 6.45) is 4.20. The maximum absolute atomic E-state index is 12.5. The quantitative estimate of drug-likeness (QED) is 0.881. The summed E-state index contributed by atoms with van der Waals surface area (Å²) in [7, 11) is 1.76. The Labute approximate surface area is 111 Å². The zero-order valence-corrected chi connectivity index (χ0v) is 10.9. The molecule has 1 saturated carbocycles. The van der Waals surface area contributed by atoms with Crippen LogP contribution in [0, 0.1) is 5.41 Å². The Bertz CT molecular complexity index is 610. The van der Waals surface area contributed by atoms with Crippen molar-refractivity contribution in [1.82, 2.24) is 9.97 Å². The molecule has 1 heterocycles. The Hall–Kier alpha value is -1.88. The first-order chi connectivity index (χ1) is 9.16. The minimum atomic E-state index is -0.558. The molecule has 0 spiro atoms. The second-order valence-corrected chi connectivity index (χ2v) is 5.26. The number of hydrogen-bond donors (Lipinski definition) is 2. The number of nitrogens with one attached hydrogen (secondary N) is 1. The van der Waals surface area contributed by atoms with Gasteiger partial charge in [-0.3, -0.25) is 4.79 Å². The maximum atomic E-state index is 12.5. The van der Waals surface area contributed by atoms with E-state index in [1.54, 1.807) is 18.3 Å². The van der Waals surface area contributed by atoms with E-state index in [2.05, 4.69) is 9.97 Å². The average molecular weight is 259 g/mol. The largest absolute Gasteiger partial charge is 0.395 e. The number of nitrogens with zero attached hydrogens (tertiary/aromatic N) is 2. The normalized spacial score (nSPS) is 17.2. The lowest BCUT2D eigenvalue weighted by Gasteiger charge is -2.41. The topological polar surface area (TPSA) is 69.2 Å². The summed E-state index contributed by atoms with van der Waals surface area (Å²) in [6.45, 7) is -0.0670. The van der Waals surface area contributed by atoms with Crippen LogP contribution in [0.4, 0.5) is 5.69 Å². The summed E-state index contributed by atoms with van der Waals surface area (Å²) in [6, 6.07) is 5.67. The van der Waals surface area contributed by atoms with Gasteiger partial charge in [-0.2, -0.15) is 0 Å². The lowest BCUT2D eigenvalue weighted by molar-refractivity contribution is -0.136. The Morgan fingerprint density at radius 3 is 2.95 bits per heavy atom. The van der Waals surface area contributed by atoms with Crippen LogP contribution in [0.5, 0.6) is 0 Å². The third kappa shape index (κ3) is 1.81. The minimum absolute atomic E-state index is 0.000107. The van der Waals surface area contributed by atoms with Gasteiger partial charge in [-0.25, -0.2) is 4.98 Å². The molecule has 0 radical (unpaired) electrons. The highest BCUT2D eigenvalue weighted by molar-refractivity contribution is 5.99. The van der Waals surface area contributed by atoms with Crippen molar-refractivity contribution in [3.05, 3.63) is 24.5 Å². The van der Waals surface area contributed by atoms with E-state index in [1.165, 1.54) is 0 Å². The molecule has 100 valence electrons. The van der Waals surface area contributed by atoms with Gasteiger partial charge in [-0.05, 0) is 31.0 Å². The molecule has 5 heteroatoms. The first-order valence-corrected chi connectivity index (χ1v) is 6.48. The highest BCUT2D eigenvalue weighted by Crippen LogP contribution is 2.42. The van der Waals surface area contributed by atoms with Crippen molar-refractivity contribution in [2.24, 2.45) is 5.41 Å². The van der Waals surface area contributed by atoms with Gasteiger partial charge in [0.05, 0.1) is 29.4 Å². The SMILES string of the molecule is CN(C(=O)C1(CO)CCC1)c1ccc2nc[nH]c2c1. The summed E-state index contributed by atoms with van der Waals surface area (Å²) in [5.41, 5.74) is 2.05. The van der Waals surface area contributed by atoms with E-state index in [0.29, 0.717) is 0 Å². The molecule has 0 aliphatic heterocycles. The number of anilines is 1. The van der Waals surface area contributed by atoms with Crippen LogP contribution in [0.3, 0.4) is 0 Å². The van der Waals surface area contributed by atoms with Crippen LogP contribution in [0.1, 0.15) is 19.3 Å². The third-order valence-electron chi connectivity index (χ3n) is 4.16. The van der Waals surface area contributed by atoms with Gasteiger partial charge < -0.3 is 15.0 Å². The van der Waals surface area contributed by atoms with Crippen LogP contribution in [-0.2, 0) is 4.79 Å². The second-order valence-electron chi connectivity index (χ2n) is 5.26. The fourth-order valence-corrected chi connectivity index (χ4v) is 2.65. The van der Waals surface area contributed by atoms with Crippen molar-refractivity contribution >= 4 is 22.6 Å². The smallest absolute Gasteiger partial charge is 0.235 e. The van der Waals surface area contributed by atoms with E-state index < -0.39 is 5.41 Å². The van der Waals surface area contributed by atoms with Crippen molar-refractivity contribution in [2.45, 2.75) is 19.3 Å². The summed E-state index contributed by atoms with van der Waals surface area (Å²) in [4.78, 5) is 21.3. The number of aliphatic hydroxyl groups is 1. The number of aliphatic hydroxyl groups excluding tert-OH is 1. The molecule has 1 aliphatic rings. The first-order valence-electron chi connectivity index (χ1n) is 6.48. The number of carbonyl (C=O) groups is 1. The Morgan fingerprint density at radius 1 is 1.53 bits per heavy atom. The Morgan fingerprint density at radius 2 is 2.32 bits per heavy atom. The van der Waals surface area contributed by atoms with E-state index in [-0.39, 0.29) is 12.5 Å². The fourth-order valence-electron chi connectivity index (χ4n) is 2.65. The molecule has 1 aliphatic carbocycles. The number of hydrogen-bond acceptors (Lipinski definition) is 3. The molecule has 1 amide bonds. The molecule has 0 bridgehead atoms. The lowest BCUT2D eigenvalue weighted by Crippen LogP contribution is -2.49. The van der Waals surface area contributed by atoms with Crippen LogP contribution >= 0.6 is 0 Å². The molecule has 5 nitrogen and oxygen atoms in total. The average Bonchev–Trinajstić information content (AvgIpc) is 2.84. The van der Waals surface area contributed by atoms with E-state index in [9.17, 15) is 9.90 Å². The molecule has 2 aromatic rings. The summed E-state index contributed by atoms with van der Waals surface area (Å²) >= 11 is 0. The van der Waals surface area contributed by atoms with Gasteiger partial charge in [0.2, 0.25) is 5.91 Å².